The van der Waals surface area contributed by atoms with Crippen molar-refractivity contribution in [2.24, 2.45) is 11.1 Å². The number of nitrogens with two attached hydrogens (primary N) is 2. The molecule has 0 radical (unpaired) electrons. The molecule has 0 bridgehead atoms. The molecule has 2 aromatic rings. The van der Waals surface area contributed by atoms with Gasteiger partial charge in [-0.3, -0.25) is 0 Å². The van der Waals surface area contributed by atoms with E-state index in [1.54, 1.807) is 36.3 Å². The summed E-state index contributed by atoms with van der Waals surface area (Å²) in [6.07, 6.45) is 3.55. The monoisotopic (exact) mass is 448 g/mol. The maximum absolute atomic E-state index is 14.6. The number of hydrogen-bond donors (Lipinski definition) is 2. The molecule has 1 unspecified atom stereocenters. The summed E-state index contributed by atoms with van der Waals surface area (Å²) in [5.41, 5.74) is 13.1. The Labute approximate surface area is 184 Å². The Kier molecular flexibility index (Phi) is 4.98. The summed E-state index contributed by atoms with van der Waals surface area (Å²) < 4.78 is 34.7. The lowest BCUT2D eigenvalue weighted by Gasteiger charge is -2.41. The number of anilines is 3. The van der Waals surface area contributed by atoms with Crippen LogP contribution in [0.25, 0.3) is 0 Å². The van der Waals surface area contributed by atoms with Crippen LogP contribution in [0.5, 0.6) is 0 Å². The van der Waals surface area contributed by atoms with Gasteiger partial charge in [0.2, 0.25) is 0 Å². The number of hydrogen-bond acceptors (Lipinski definition) is 8. The van der Waals surface area contributed by atoms with E-state index in [0.29, 0.717) is 34.6 Å². The molecular weight excluding hydrogens is 422 g/mol. The second-order valence-corrected chi connectivity index (χ2v) is 9.73. The van der Waals surface area contributed by atoms with Crippen molar-refractivity contribution in [3.63, 3.8) is 0 Å². The third kappa shape index (κ3) is 3.50. The van der Waals surface area contributed by atoms with Crippen molar-refractivity contribution in [2.75, 3.05) is 55.4 Å². The van der Waals surface area contributed by atoms with Crippen molar-refractivity contribution in [3.8, 4) is 0 Å². The molecule has 1 spiro atoms. The summed E-state index contributed by atoms with van der Waals surface area (Å²) in [6.45, 7) is 2.62. The van der Waals surface area contributed by atoms with E-state index in [9.17, 15) is 8.78 Å². The minimum absolute atomic E-state index is 0.0317. The minimum atomic E-state index is -2.91. The first-order valence-corrected chi connectivity index (χ1v) is 11.2. The van der Waals surface area contributed by atoms with Crippen LogP contribution in [-0.4, -0.2) is 55.9 Å². The fourth-order valence-corrected chi connectivity index (χ4v) is 5.81. The van der Waals surface area contributed by atoms with Crippen molar-refractivity contribution in [1.82, 2.24) is 9.97 Å². The quantitative estimate of drug-likeness (QED) is 0.740. The molecule has 166 valence electrons. The van der Waals surface area contributed by atoms with Gasteiger partial charge in [-0.2, -0.15) is 8.78 Å². The van der Waals surface area contributed by atoms with Gasteiger partial charge in [-0.05, 0) is 25.0 Å². The van der Waals surface area contributed by atoms with Crippen LogP contribution in [-0.2, 0) is 10.7 Å². The molecule has 4 N–H and O–H groups in total. The van der Waals surface area contributed by atoms with Crippen molar-refractivity contribution in [1.29, 1.82) is 0 Å². The molecule has 0 aliphatic carbocycles. The van der Waals surface area contributed by atoms with E-state index in [2.05, 4.69) is 14.9 Å². The van der Waals surface area contributed by atoms with Crippen molar-refractivity contribution in [2.45, 2.75) is 34.7 Å². The average Bonchev–Trinajstić information content (AvgIpc) is 3.20. The van der Waals surface area contributed by atoms with E-state index in [1.165, 1.54) is 0 Å². The Balaban J connectivity index is 1.34. The number of aromatic nitrogens is 2. The molecule has 1 aromatic carbocycles. The molecule has 1 aromatic heterocycles. The summed E-state index contributed by atoms with van der Waals surface area (Å²) in [7, 11) is 1.67. The van der Waals surface area contributed by atoms with Crippen molar-refractivity contribution < 1.29 is 13.5 Å². The molecule has 7 nitrogen and oxygen atoms in total. The van der Waals surface area contributed by atoms with E-state index in [0.717, 1.165) is 37.7 Å². The zero-order chi connectivity index (χ0) is 21.8. The smallest absolute Gasteiger partial charge is 0.293 e. The van der Waals surface area contributed by atoms with Gasteiger partial charge in [0, 0.05) is 42.2 Å². The molecular formula is C21H26F2N6OS. The Morgan fingerprint density at radius 2 is 2.03 bits per heavy atom. The van der Waals surface area contributed by atoms with Crippen LogP contribution in [0.3, 0.4) is 0 Å². The fraction of sp³-hybridized carbons (Fsp3) is 0.524. The fourth-order valence-electron chi connectivity index (χ4n) is 4.84. The molecule has 3 aliphatic heterocycles. The summed E-state index contributed by atoms with van der Waals surface area (Å²) in [5, 5.41) is 0.433. The lowest BCUT2D eigenvalue weighted by atomic mass is 9.75. The third-order valence-electron chi connectivity index (χ3n) is 6.73. The first-order chi connectivity index (χ1) is 14.8. The van der Waals surface area contributed by atoms with Crippen LogP contribution in [0, 0.1) is 5.41 Å². The number of halogens is 2. The topological polar surface area (TPSA) is 93.5 Å². The van der Waals surface area contributed by atoms with E-state index in [4.69, 9.17) is 16.2 Å². The van der Waals surface area contributed by atoms with Gasteiger partial charge in [0.15, 0.2) is 5.82 Å². The molecule has 2 saturated heterocycles. The van der Waals surface area contributed by atoms with Crippen LogP contribution < -0.4 is 21.3 Å². The van der Waals surface area contributed by atoms with Gasteiger partial charge in [0.25, 0.3) is 5.92 Å². The van der Waals surface area contributed by atoms with Crippen LogP contribution in [0.15, 0.2) is 34.3 Å². The summed E-state index contributed by atoms with van der Waals surface area (Å²) >= 11 is 1.14. The predicted molar refractivity (Wildman–Crippen MR) is 117 cm³/mol. The van der Waals surface area contributed by atoms with E-state index in [-0.39, 0.29) is 29.4 Å². The molecule has 0 saturated carbocycles. The Morgan fingerprint density at radius 3 is 2.71 bits per heavy atom. The summed E-state index contributed by atoms with van der Waals surface area (Å²) in [5.74, 6) is -1.96. The van der Waals surface area contributed by atoms with Crippen LogP contribution >= 0.6 is 11.8 Å². The number of rotatable bonds is 3. The van der Waals surface area contributed by atoms with E-state index in [1.807, 2.05) is 0 Å². The summed E-state index contributed by atoms with van der Waals surface area (Å²) in [6, 6.07) is 5.25. The molecule has 10 heteroatoms. The highest BCUT2D eigenvalue weighted by molar-refractivity contribution is 7.99. The molecule has 2 fully saturated rings. The SMILES string of the molecule is CN1CC(F)(F)c2c(Sc3ncc(N4CCC5(CC4)COCC5N)nc3N)cccc21. The maximum atomic E-state index is 14.6. The van der Waals surface area contributed by atoms with Gasteiger partial charge < -0.3 is 26.0 Å². The van der Waals surface area contributed by atoms with Crippen LogP contribution in [0.4, 0.5) is 26.1 Å². The van der Waals surface area contributed by atoms with Gasteiger partial charge in [0.05, 0.1) is 31.5 Å². The minimum Gasteiger partial charge on any atom is -0.381 e. The highest BCUT2D eigenvalue weighted by Gasteiger charge is 2.45. The number of piperidine rings is 1. The number of nitrogen functional groups attached to an aromatic ring is 1. The van der Waals surface area contributed by atoms with Gasteiger partial charge in [0.1, 0.15) is 10.8 Å². The molecule has 4 heterocycles. The van der Waals surface area contributed by atoms with Crippen LogP contribution in [0.2, 0.25) is 0 Å². The largest absolute Gasteiger partial charge is 0.381 e. The number of benzene rings is 1. The normalized spacial score (nSPS) is 24.1. The third-order valence-corrected chi connectivity index (χ3v) is 7.80. The lowest BCUT2D eigenvalue weighted by Crippen LogP contribution is -2.49. The summed E-state index contributed by atoms with van der Waals surface area (Å²) in [4.78, 5) is 13.2. The van der Waals surface area contributed by atoms with Gasteiger partial charge >= 0.3 is 0 Å². The number of alkyl halides is 2. The first kappa shape index (κ1) is 20.7. The highest BCUT2D eigenvalue weighted by atomic mass is 32.2. The van der Waals surface area contributed by atoms with Crippen molar-refractivity contribution >= 4 is 29.1 Å². The number of nitrogens with zero attached hydrogens (tertiary/aromatic N) is 4. The van der Waals surface area contributed by atoms with Gasteiger partial charge in [-0.15, -0.1) is 0 Å². The Hall–Kier alpha value is -2.17. The number of ether oxygens (including phenoxy) is 1. The van der Waals surface area contributed by atoms with E-state index >= 15 is 0 Å². The van der Waals surface area contributed by atoms with Crippen molar-refractivity contribution in [3.05, 3.63) is 30.0 Å². The molecule has 31 heavy (non-hydrogen) atoms. The van der Waals surface area contributed by atoms with Gasteiger partial charge in [-0.1, -0.05) is 17.8 Å². The average molecular weight is 449 g/mol. The highest BCUT2D eigenvalue weighted by Crippen LogP contribution is 2.48. The second kappa shape index (κ2) is 7.46. The Morgan fingerprint density at radius 1 is 1.26 bits per heavy atom. The molecule has 5 rings (SSSR count). The maximum Gasteiger partial charge on any atom is 0.293 e. The second-order valence-electron chi connectivity index (χ2n) is 8.70. The Bertz CT molecular complexity index is 998. The lowest BCUT2D eigenvalue weighted by molar-refractivity contribution is 0.0123. The van der Waals surface area contributed by atoms with Crippen LogP contribution in [0.1, 0.15) is 18.4 Å². The van der Waals surface area contributed by atoms with Gasteiger partial charge in [-0.25, -0.2) is 9.97 Å². The zero-order valence-corrected chi connectivity index (χ0v) is 18.2. The predicted octanol–water partition coefficient (Wildman–Crippen LogP) is 2.70. The molecule has 3 aliphatic rings. The number of likely N-dealkylation sites (N-methyl/N-ethyl adjacent to an activating group) is 1. The van der Waals surface area contributed by atoms with E-state index < -0.39 is 5.92 Å². The molecule has 0 amide bonds. The molecule has 1 atom stereocenters. The zero-order valence-electron chi connectivity index (χ0n) is 17.4. The number of fused-ring (bicyclic) bond motifs is 1. The standard InChI is InChI=1S/C21H26F2N6OS/c1-28-11-21(22,23)17-13(28)3-2-4-14(17)31-19-18(25)27-16(9-26-19)29-7-5-20(6-8-29)12-30-10-15(20)24/h2-4,9,15H,5-8,10-12,24H2,1H3,(H2,25,27). The first-order valence-electron chi connectivity index (χ1n) is 10.4.